The van der Waals surface area contributed by atoms with E-state index in [0.29, 0.717) is 6.54 Å². The lowest BCUT2D eigenvalue weighted by molar-refractivity contribution is -0.485. The lowest BCUT2D eigenvalue weighted by atomic mass is 10.5. The van der Waals surface area contributed by atoms with E-state index in [2.05, 4.69) is 20.7 Å². The lowest BCUT2D eigenvalue weighted by Gasteiger charge is -2.02. The molecule has 0 aliphatic carbocycles. The van der Waals surface area contributed by atoms with Gasteiger partial charge in [-0.1, -0.05) is 0 Å². The van der Waals surface area contributed by atoms with Gasteiger partial charge in [0, 0.05) is 18.1 Å². The SMILES string of the molecule is CN/C(=N\[N+](=O)[O-])NCc1cncs1. The highest BCUT2D eigenvalue weighted by Crippen LogP contribution is 2.03. The monoisotopic (exact) mass is 215 g/mol. The number of hydrogen-bond donors (Lipinski definition) is 2. The summed E-state index contributed by atoms with van der Waals surface area (Å²) in [5.41, 5.74) is 1.70. The molecule has 0 spiro atoms. The van der Waals surface area contributed by atoms with Crippen LogP contribution in [-0.2, 0) is 6.54 Å². The number of rotatable bonds is 3. The molecule has 1 heterocycles. The molecule has 76 valence electrons. The highest BCUT2D eigenvalue weighted by atomic mass is 32.1. The maximum absolute atomic E-state index is 10.1. The highest BCUT2D eigenvalue weighted by molar-refractivity contribution is 7.09. The number of nitrogens with one attached hydrogen (secondary N) is 2. The maximum Gasteiger partial charge on any atom is 0.268 e. The zero-order valence-corrected chi connectivity index (χ0v) is 8.24. The van der Waals surface area contributed by atoms with E-state index in [4.69, 9.17) is 0 Å². The molecule has 7 nitrogen and oxygen atoms in total. The van der Waals surface area contributed by atoms with Gasteiger partial charge in [0.1, 0.15) is 5.10 Å². The van der Waals surface area contributed by atoms with E-state index in [1.165, 1.54) is 11.3 Å². The molecule has 0 radical (unpaired) electrons. The van der Waals surface area contributed by atoms with Crippen LogP contribution in [0.15, 0.2) is 16.8 Å². The van der Waals surface area contributed by atoms with Gasteiger partial charge in [0.15, 0.2) is 5.03 Å². The number of guanidine groups is 1. The van der Waals surface area contributed by atoms with Gasteiger partial charge in [0.2, 0.25) is 0 Å². The molecule has 1 aromatic heterocycles. The molecule has 0 fully saturated rings. The molecule has 0 aliphatic rings. The second-order valence-electron chi connectivity index (χ2n) is 2.26. The summed E-state index contributed by atoms with van der Waals surface area (Å²) in [4.78, 5) is 14.9. The fourth-order valence-electron chi connectivity index (χ4n) is 0.756. The van der Waals surface area contributed by atoms with Crippen molar-refractivity contribution < 1.29 is 5.03 Å². The summed E-state index contributed by atoms with van der Waals surface area (Å²) in [6.45, 7) is 0.470. The average Bonchev–Trinajstić information content (AvgIpc) is 2.64. The van der Waals surface area contributed by atoms with Crippen molar-refractivity contribution in [3.05, 3.63) is 26.7 Å². The van der Waals surface area contributed by atoms with E-state index < -0.39 is 5.03 Å². The second kappa shape index (κ2) is 5.12. The summed E-state index contributed by atoms with van der Waals surface area (Å²) in [7, 11) is 1.56. The molecule has 0 unspecified atom stereocenters. The van der Waals surface area contributed by atoms with Crippen molar-refractivity contribution in [2.75, 3.05) is 7.05 Å². The Morgan fingerprint density at radius 2 is 2.64 bits per heavy atom. The van der Waals surface area contributed by atoms with Crippen molar-refractivity contribution in [2.45, 2.75) is 6.54 Å². The third kappa shape index (κ3) is 3.35. The van der Waals surface area contributed by atoms with Crippen molar-refractivity contribution in [1.29, 1.82) is 0 Å². The summed E-state index contributed by atoms with van der Waals surface area (Å²) in [6.07, 6.45) is 1.69. The minimum absolute atomic E-state index is 0.128. The number of nitrogens with zero attached hydrogens (tertiary/aromatic N) is 3. The van der Waals surface area contributed by atoms with E-state index in [9.17, 15) is 10.1 Å². The Balaban J connectivity index is 2.46. The van der Waals surface area contributed by atoms with Crippen LogP contribution in [0.2, 0.25) is 0 Å². The number of hydrogen-bond acceptors (Lipinski definition) is 4. The zero-order chi connectivity index (χ0) is 10.4. The van der Waals surface area contributed by atoms with Crippen LogP contribution in [0, 0.1) is 10.1 Å². The lowest BCUT2D eigenvalue weighted by Crippen LogP contribution is -2.34. The molecule has 14 heavy (non-hydrogen) atoms. The molecule has 0 aliphatic heterocycles. The Bertz CT molecular complexity index is 323. The minimum atomic E-state index is -0.758. The van der Waals surface area contributed by atoms with Gasteiger partial charge in [-0.3, -0.25) is 4.98 Å². The Kier molecular flexibility index (Phi) is 3.80. The van der Waals surface area contributed by atoms with Crippen molar-refractivity contribution in [3.8, 4) is 0 Å². The molecule has 2 N–H and O–H groups in total. The number of thiazole rings is 1. The molecule has 0 saturated heterocycles. The third-order valence-electron chi connectivity index (χ3n) is 1.33. The van der Waals surface area contributed by atoms with Gasteiger partial charge in [-0.2, -0.15) is 0 Å². The fraction of sp³-hybridized carbons (Fsp3) is 0.333. The van der Waals surface area contributed by atoms with Crippen molar-refractivity contribution in [3.63, 3.8) is 0 Å². The summed E-state index contributed by atoms with van der Waals surface area (Å²) in [6, 6.07) is 0. The molecule has 8 heteroatoms. The van der Waals surface area contributed by atoms with Gasteiger partial charge in [-0.25, -0.2) is 10.1 Å². The second-order valence-corrected chi connectivity index (χ2v) is 3.23. The summed E-state index contributed by atoms with van der Waals surface area (Å²) in [5.74, 6) is 0.128. The third-order valence-corrected chi connectivity index (χ3v) is 2.11. The molecular formula is C6H9N5O2S. The Labute approximate surface area is 84.0 Å². The van der Waals surface area contributed by atoms with Crippen LogP contribution in [0.3, 0.4) is 0 Å². The van der Waals surface area contributed by atoms with Gasteiger partial charge < -0.3 is 10.6 Å². The maximum atomic E-state index is 10.1. The zero-order valence-electron chi connectivity index (χ0n) is 7.43. The Hall–Kier alpha value is -1.70. The first-order valence-electron chi connectivity index (χ1n) is 3.74. The molecule has 1 rings (SSSR count). The van der Waals surface area contributed by atoms with Crippen LogP contribution >= 0.6 is 11.3 Å². The van der Waals surface area contributed by atoms with Crippen LogP contribution in [0.25, 0.3) is 0 Å². The van der Waals surface area contributed by atoms with Crippen LogP contribution in [0.1, 0.15) is 4.88 Å². The predicted molar refractivity (Wildman–Crippen MR) is 52.4 cm³/mol. The topological polar surface area (TPSA) is 92.5 Å². The van der Waals surface area contributed by atoms with Crippen molar-refractivity contribution in [2.24, 2.45) is 5.10 Å². The van der Waals surface area contributed by atoms with Gasteiger partial charge >= 0.3 is 0 Å². The van der Waals surface area contributed by atoms with Gasteiger partial charge in [0.25, 0.3) is 5.96 Å². The van der Waals surface area contributed by atoms with Gasteiger partial charge in [-0.15, -0.1) is 11.3 Å². The van der Waals surface area contributed by atoms with Crippen LogP contribution in [0.4, 0.5) is 0 Å². The Morgan fingerprint density at radius 3 is 3.14 bits per heavy atom. The van der Waals surface area contributed by atoms with Crippen molar-refractivity contribution >= 4 is 17.3 Å². The molecule has 0 aromatic carbocycles. The standard InChI is InChI=1S/C6H9N5O2S/c1-7-6(10-11(12)13)9-3-5-2-8-4-14-5/h2,4H,3H2,1H3,(H2,7,9,10). The van der Waals surface area contributed by atoms with E-state index in [-0.39, 0.29) is 5.96 Å². The van der Waals surface area contributed by atoms with E-state index in [0.717, 1.165) is 4.88 Å². The first-order chi connectivity index (χ1) is 6.72. The summed E-state index contributed by atoms with van der Waals surface area (Å²) < 4.78 is 0. The number of aromatic nitrogens is 1. The highest BCUT2D eigenvalue weighted by Gasteiger charge is 2.02. The molecule has 0 atom stereocenters. The van der Waals surface area contributed by atoms with Gasteiger partial charge in [-0.05, 0) is 0 Å². The van der Waals surface area contributed by atoms with E-state index in [1.807, 2.05) is 0 Å². The van der Waals surface area contributed by atoms with Crippen LogP contribution in [-0.4, -0.2) is 23.0 Å². The summed E-state index contributed by atoms with van der Waals surface area (Å²) in [5, 5.41) is 17.7. The quantitative estimate of drug-likeness (QED) is 0.320. The largest absolute Gasteiger partial charge is 0.354 e. The van der Waals surface area contributed by atoms with E-state index >= 15 is 0 Å². The first-order valence-corrected chi connectivity index (χ1v) is 4.62. The summed E-state index contributed by atoms with van der Waals surface area (Å²) >= 11 is 1.47. The fourth-order valence-corrected chi connectivity index (χ4v) is 1.29. The number of nitro groups is 1. The van der Waals surface area contributed by atoms with Gasteiger partial charge in [0.05, 0.1) is 12.1 Å². The molecule has 0 amide bonds. The molecule has 0 saturated carbocycles. The predicted octanol–water partition coefficient (Wildman–Crippen LogP) is -0.000200. The molecule has 1 aromatic rings. The average molecular weight is 215 g/mol. The molecule has 0 bridgehead atoms. The normalized spacial score (nSPS) is 11.1. The smallest absolute Gasteiger partial charge is 0.268 e. The minimum Gasteiger partial charge on any atom is -0.354 e. The van der Waals surface area contributed by atoms with Crippen LogP contribution in [0.5, 0.6) is 0 Å². The van der Waals surface area contributed by atoms with E-state index in [1.54, 1.807) is 18.8 Å². The molecular weight excluding hydrogens is 206 g/mol. The first kappa shape index (κ1) is 10.4. The Morgan fingerprint density at radius 1 is 1.86 bits per heavy atom. The van der Waals surface area contributed by atoms with Crippen LogP contribution < -0.4 is 10.6 Å². The number of hydrazone groups is 1. The van der Waals surface area contributed by atoms with Crippen molar-refractivity contribution in [1.82, 2.24) is 15.6 Å².